The van der Waals surface area contributed by atoms with Gasteiger partial charge in [0, 0.05) is 18.4 Å². The Hall–Kier alpha value is -1.26. The van der Waals surface area contributed by atoms with Crippen molar-refractivity contribution in [1.82, 2.24) is 5.32 Å². The molecule has 16 heavy (non-hydrogen) atoms. The van der Waals surface area contributed by atoms with Crippen LogP contribution >= 0.6 is 0 Å². The van der Waals surface area contributed by atoms with Gasteiger partial charge < -0.3 is 16.3 Å². The van der Waals surface area contributed by atoms with E-state index in [0.717, 1.165) is 32.1 Å². The third-order valence-electron chi connectivity index (χ3n) is 3.51. The second-order valence-electron chi connectivity index (χ2n) is 4.44. The Kier molecular flexibility index (Phi) is 4.58. The topological polar surface area (TPSA) is 87.7 Å². The Morgan fingerprint density at radius 1 is 1.50 bits per heavy atom. The average molecular weight is 227 g/mol. The number of amides is 1. The third kappa shape index (κ3) is 2.87. The number of oxime groups is 1. The van der Waals surface area contributed by atoms with E-state index in [-0.39, 0.29) is 17.2 Å². The van der Waals surface area contributed by atoms with Crippen molar-refractivity contribution in [2.24, 2.45) is 16.3 Å². The summed E-state index contributed by atoms with van der Waals surface area (Å²) >= 11 is 0. The van der Waals surface area contributed by atoms with Crippen molar-refractivity contribution in [2.45, 2.75) is 45.4 Å². The Labute approximate surface area is 96.1 Å². The first kappa shape index (κ1) is 12.8. The molecule has 0 bridgehead atoms. The molecule has 0 aromatic carbocycles. The minimum Gasteiger partial charge on any atom is -0.409 e. The predicted molar refractivity (Wildman–Crippen MR) is 62.2 cm³/mol. The van der Waals surface area contributed by atoms with Gasteiger partial charge in [-0.05, 0) is 19.3 Å². The fourth-order valence-corrected chi connectivity index (χ4v) is 2.33. The molecule has 1 aliphatic rings. The molecule has 1 fully saturated rings. The molecule has 0 unspecified atom stereocenters. The lowest BCUT2D eigenvalue weighted by atomic mass is 9.82. The van der Waals surface area contributed by atoms with Gasteiger partial charge in [-0.2, -0.15) is 0 Å². The molecule has 5 heteroatoms. The molecular weight excluding hydrogens is 206 g/mol. The van der Waals surface area contributed by atoms with Crippen LogP contribution in [-0.2, 0) is 4.79 Å². The molecule has 1 rings (SSSR count). The van der Waals surface area contributed by atoms with Gasteiger partial charge in [-0.3, -0.25) is 4.79 Å². The summed E-state index contributed by atoms with van der Waals surface area (Å²) < 4.78 is 0. The normalized spacial score (nSPS) is 19.7. The second-order valence-corrected chi connectivity index (χ2v) is 4.44. The van der Waals surface area contributed by atoms with Gasteiger partial charge in [-0.25, -0.2) is 0 Å². The van der Waals surface area contributed by atoms with Crippen molar-refractivity contribution >= 4 is 11.7 Å². The number of nitrogens with one attached hydrogen (secondary N) is 1. The van der Waals surface area contributed by atoms with E-state index >= 15 is 0 Å². The van der Waals surface area contributed by atoms with E-state index in [9.17, 15) is 4.79 Å². The van der Waals surface area contributed by atoms with Crippen LogP contribution in [-0.4, -0.2) is 23.5 Å². The van der Waals surface area contributed by atoms with Crippen LogP contribution < -0.4 is 11.1 Å². The number of carbonyl (C=O) groups excluding carboxylic acids is 1. The van der Waals surface area contributed by atoms with Crippen LogP contribution in [0.15, 0.2) is 5.16 Å². The molecular formula is C11H21N3O2. The maximum absolute atomic E-state index is 12.0. The zero-order valence-electron chi connectivity index (χ0n) is 9.83. The highest BCUT2D eigenvalue weighted by atomic mass is 16.4. The third-order valence-corrected chi connectivity index (χ3v) is 3.51. The number of nitrogens with zero attached hydrogens (tertiary/aromatic N) is 1. The molecule has 1 saturated carbocycles. The minimum absolute atomic E-state index is 0.123. The number of hydrogen-bond acceptors (Lipinski definition) is 3. The summed E-state index contributed by atoms with van der Waals surface area (Å²) in [5.41, 5.74) is 5.17. The van der Waals surface area contributed by atoms with E-state index < -0.39 is 0 Å². The van der Waals surface area contributed by atoms with Crippen molar-refractivity contribution in [3.63, 3.8) is 0 Å². The van der Waals surface area contributed by atoms with Crippen molar-refractivity contribution in [3.8, 4) is 0 Å². The first-order valence-corrected chi connectivity index (χ1v) is 5.89. The Balaban J connectivity index is 2.39. The fourth-order valence-electron chi connectivity index (χ4n) is 2.33. The maximum atomic E-state index is 12.0. The van der Waals surface area contributed by atoms with Gasteiger partial charge >= 0.3 is 0 Å². The van der Waals surface area contributed by atoms with E-state index in [4.69, 9.17) is 10.9 Å². The van der Waals surface area contributed by atoms with Gasteiger partial charge in [0.1, 0.15) is 5.84 Å². The lowest BCUT2D eigenvalue weighted by Gasteiger charge is -2.25. The highest BCUT2D eigenvalue weighted by molar-refractivity contribution is 5.84. The van der Waals surface area contributed by atoms with Gasteiger partial charge in [0.2, 0.25) is 5.91 Å². The van der Waals surface area contributed by atoms with Gasteiger partial charge in [0.15, 0.2) is 0 Å². The average Bonchev–Trinajstić information content (AvgIpc) is 2.78. The van der Waals surface area contributed by atoms with Crippen LogP contribution in [0.3, 0.4) is 0 Å². The monoisotopic (exact) mass is 227 g/mol. The largest absolute Gasteiger partial charge is 0.409 e. The quantitative estimate of drug-likeness (QED) is 0.285. The highest BCUT2D eigenvalue weighted by Gasteiger charge is 2.38. The van der Waals surface area contributed by atoms with Gasteiger partial charge in [0.05, 0.1) is 0 Å². The minimum atomic E-state index is -0.162. The zero-order valence-corrected chi connectivity index (χ0v) is 9.83. The molecule has 0 aromatic rings. The first-order chi connectivity index (χ1) is 7.64. The molecule has 5 nitrogen and oxygen atoms in total. The van der Waals surface area contributed by atoms with Gasteiger partial charge in [0.25, 0.3) is 0 Å². The predicted octanol–water partition coefficient (Wildman–Crippen LogP) is 1.21. The lowest BCUT2D eigenvalue weighted by molar-refractivity contribution is -0.130. The number of carbonyl (C=O) groups is 1. The first-order valence-electron chi connectivity index (χ1n) is 5.89. The van der Waals surface area contributed by atoms with Crippen LogP contribution in [0.1, 0.15) is 45.4 Å². The number of rotatable bonds is 5. The maximum Gasteiger partial charge on any atom is 0.226 e. The number of amidine groups is 1. The summed E-state index contributed by atoms with van der Waals surface area (Å²) in [5.74, 6) is 0.274. The Morgan fingerprint density at radius 2 is 2.12 bits per heavy atom. The van der Waals surface area contributed by atoms with Gasteiger partial charge in [-0.15, -0.1) is 0 Å². The van der Waals surface area contributed by atoms with Crippen LogP contribution in [0, 0.1) is 5.41 Å². The van der Waals surface area contributed by atoms with Crippen molar-refractivity contribution in [2.75, 3.05) is 6.54 Å². The van der Waals surface area contributed by atoms with Crippen LogP contribution in [0.4, 0.5) is 0 Å². The van der Waals surface area contributed by atoms with E-state index in [0.29, 0.717) is 13.0 Å². The molecule has 0 aliphatic heterocycles. The lowest BCUT2D eigenvalue weighted by Crippen LogP contribution is -2.40. The molecule has 0 radical (unpaired) electrons. The Bertz CT molecular complexity index is 270. The molecule has 4 N–H and O–H groups in total. The molecule has 1 amide bonds. The standard InChI is InChI=1S/C11H21N3O2/c1-2-11(6-3-4-7-11)10(15)13-8-5-9(12)14-16/h16H,2-8H2,1H3,(H2,12,14)(H,13,15). The van der Waals surface area contributed by atoms with Crippen LogP contribution in [0.2, 0.25) is 0 Å². The Morgan fingerprint density at radius 3 is 2.62 bits per heavy atom. The zero-order chi connectivity index (χ0) is 12.0. The molecule has 1 aliphatic carbocycles. The van der Waals surface area contributed by atoms with E-state index in [1.807, 2.05) is 0 Å². The summed E-state index contributed by atoms with van der Waals surface area (Å²) in [7, 11) is 0. The van der Waals surface area contributed by atoms with Crippen LogP contribution in [0.5, 0.6) is 0 Å². The molecule has 0 spiro atoms. The summed E-state index contributed by atoms with van der Waals surface area (Å²) in [6, 6.07) is 0. The van der Waals surface area contributed by atoms with Crippen LogP contribution in [0.25, 0.3) is 0 Å². The van der Waals surface area contributed by atoms with Crippen molar-refractivity contribution in [3.05, 3.63) is 0 Å². The van der Waals surface area contributed by atoms with Crippen molar-refractivity contribution in [1.29, 1.82) is 0 Å². The number of nitrogens with two attached hydrogens (primary N) is 1. The summed E-state index contributed by atoms with van der Waals surface area (Å²) in [5, 5.41) is 14.1. The summed E-state index contributed by atoms with van der Waals surface area (Å²) in [4.78, 5) is 12.0. The molecule has 0 saturated heterocycles. The molecule has 0 aromatic heterocycles. The number of hydrogen-bond donors (Lipinski definition) is 3. The SMILES string of the molecule is CCC1(C(=O)NCCC(N)=NO)CCCC1. The highest BCUT2D eigenvalue weighted by Crippen LogP contribution is 2.40. The molecule has 0 heterocycles. The van der Waals surface area contributed by atoms with Gasteiger partial charge in [-0.1, -0.05) is 24.9 Å². The molecule has 0 atom stereocenters. The van der Waals surface area contributed by atoms with Crippen molar-refractivity contribution < 1.29 is 10.0 Å². The molecule has 92 valence electrons. The summed E-state index contributed by atoms with van der Waals surface area (Å²) in [6.07, 6.45) is 5.53. The van der Waals surface area contributed by atoms with E-state index in [2.05, 4.69) is 17.4 Å². The van der Waals surface area contributed by atoms with E-state index in [1.165, 1.54) is 0 Å². The smallest absolute Gasteiger partial charge is 0.226 e. The summed E-state index contributed by atoms with van der Waals surface area (Å²) in [6.45, 7) is 2.50. The second kappa shape index (κ2) is 5.72. The van der Waals surface area contributed by atoms with E-state index in [1.54, 1.807) is 0 Å². The fraction of sp³-hybridized carbons (Fsp3) is 0.818.